The molecular weight excluding hydrogens is 394 g/mol. The third kappa shape index (κ3) is 5.09. The topological polar surface area (TPSA) is 74.3 Å². The first-order valence-electron chi connectivity index (χ1n) is 8.03. The molecule has 0 spiro atoms. The number of esters is 1. The van der Waals surface area contributed by atoms with Gasteiger partial charge in [0.2, 0.25) is 0 Å². The number of rotatable bonds is 6. The second kappa shape index (κ2) is 9.05. The largest absolute Gasteiger partial charge is 0.493 e. The van der Waals surface area contributed by atoms with Gasteiger partial charge in [0.15, 0.2) is 18.1 Å². The number of carbonyl (C=O) groups excluding carboxylic acids is 2. The Kier molecular flexibility index (Phi) is 7.07. The minimum Gasteiger partial charge on any atom is -0.493 e. The lowest BCUT2D eigenvalue weighted by atomic mass is 10.2. The van der Waals surface area contributed by atoms with Crippen LogP contribution in [0.4, 0.5) is 0 Å². The van der Waals surface area contributed by atoms with Crippen LogP contribution in [-0.2, 0) is 14.3 Å². The van der Waals surface area contributed by atoms with Crippen LogP contribution in [0.25, 0.3) is 0 Å². The summed E-state index contributed by atoms with van der Waals surface area (Å²) in [5, 5.41) is 0. The zero-order valence-corrected chi connectivity index (χ0v) is 16.1. The summed E-state index contributed by atoms with van der Waals surface area (Å²) in [4.78, 5) is 26.0. The summed E-state index contributed by atoms with van der Waals surface area (Å²) in [5.74, 6) is 0.0913. The van der Waals surface area contributed by atoms with Crippen LogP contribution < -0.4 is 9.47 Å². The number of nitrogens with zero attached hydrogens (tertiary/aromatic N) is 1. The van der Waals surface area contributed by atoms with E-state index in [0.29, 0.717) is 42.3 Å². The number of hydrogen-bond donors (Lipinski definition) is 0. The molecule has 0 saturated carbocycles. The summed E-state index contributed by atoms with van der Waals surface area (Å²) < 4.78 is 21.8. The van der Waals surface area contributed by atoms with Crippen molar-refractivity contribution < 1.29 is 28.5 Å². The SMILES string of the molecule is CCOc1c(Br)cc(C(=O)OCC(=O)N2CCOC(C)C2)cc1OC. The van der Waals surface area contributed by atoms with E-state index < -0.39 is 5.97 Å². The van der Waals surface area contributed by atoms with Gasteiger partial charge in [-0.25, -0.2) is 4.79 Å². The highest BCUT2D eigenvalue weighted by molar-refractivity contribution is 9.10. The Bertz CT molecular complexity index is 636. The summed E-state index contributed by atoms with van der Waals surface area (Å²) in [5.41, 5.74) is 0.273. The Balaban J connectivity index is 2.00. The zero-order chi connectivity index (χ0) is 18.4. The van der Waals surface area contributed by atoms with Gasteiger partial charge in [-0.15, -0.1) is 0 Å². The average Bonchev–Trinajstić information content (AvgIpc) is 2.60. The van der Waals surface area contributed by atoms with Crippen molar-refractivity contribution in [2.24, 2.45) is 0 Å². The maximum Gasteiger partial charge on any atom is 0.338 e. The number of halogens is 1. The predicted molar refractivity (Wildman–Crippen MR) is 94.1 cm³/mol. The lowest BCUT2D eigenvalue weighted by Gasteiger charge is -2.30. The van der Waals surface area contributed by atoms with Gasteiger partial charge in [0, 0.05) is 13.1 Å². The maximum absolute atomic E-state index is 12.3. The summed E-state index contributed by atoms with van der Waals surface area (Å²) in [6, 6.07) is 3.11. The monoisotopic (exact) mass is 415 g/mol. The molecule has 2 rings (SSSR count). The quantitative estimate of drug-likeness (QED) is 0.663. The van der Waals surface area contributed by atoms with Gasteiger partial charge in [0.25, 0.3) is 5.91 Å². The molecule has 1 unspecified atom stereocenters. The van der Waals surface area contributed by atoms with E-state index in [9.17, 15) is 9.59 Å². The second-order valence-electron chi connectivity index (χ2n) is 5.52. The molecule has 1 aromatic rings. The molecule has 1 amide bonds. The van der Waals surface area contributed by atoms with Crippen LogP contribution in [0.1, 0.15) is 24.2 Å². The first kappa shape index (κ1) is 19.5. The maximum atomic E-state index is 12.3. The Hall–Kier alpha value is -1.80. The molecule has 0 N–H and O–H groups in total. The van der Waals surface area contributed by atoms with Gasteiger partial charge in [0.1, 0.15) is 0 Å². The third-order valence-electron chi connectivity index (χ3n) is 3.67. The van der Waals surface area contributed by atoms with Crippen molar-refractivity contribution in [3.05, 3.63) is 22.2 Å². The molecule has 138 valence electrons. The van der Waals surface area contributed by atoms with Crippen LogP contribution in [0, 0.1) is 0 Å². The lowest BCUT2D eigenvalue weighted by Crippen LogP contribution is -2.46. The van der Waals surface area contributed by atoms with Crippen LogP contribution >= 0.6 is 15.9 Å². The first-order valence-corrected chi connectivity index (χ1v) is 8.82. The Morgan fingerprint density at radius 3 is 2.80 bits per heavy atom. The highest BCUT2D eigenvalue weighted by atomic mass is 79.9. The molecule has 1 aromatic carbocycles. The van der Waals surface area contributed by atoms with E-state index >= 15 is 0 Å². The van der Waals surface area contributed by atoms with E-state index in [-0.39, 0.29) is 24.2 Å². The molecule has 0 aliphatic carbocycles. The normalized spacial score (nSPS) is 17.1. The van der Waals surface area contributed by atoms with Crippen LogP contribution in [0.15, 0.2) is 16.6 Å². The number of hydrogen-bond acceptors (Lipinski definition) is 6. The third-order valence-corrected chi connectivity index (χ3v) is 4.26. The standard InChI is InChI=1S/C17H22BrNO6/c1-4-23-16-13(18)7-12(8-14(16)22-3)17(21)25-10-15(20)19-5-6-24-11(2)9-19/h7-8,11H,4-6,9-10H2,1-3H3. The number of carbonyl (C=O) groups is 2. The molecule has 0 radical (unpaired) electrons. The summed E-state index contributed by atoms with van der Waals surface area (Å²) in [6.45, 7) is 5.40. The molecule has 1 saturated heterocycles. The van der Waals surface area contributed by atoms with Crippen LogP contribution in [0.3, 0.4) is 0 Å². The molecule has 1 aliphatic rings. The van der Waals surface area contributed by atoms with Gasteiger partial charge in [-0.2, -0.15) is 0 Å². The van der Waals surface area contributed by atoms with Gasteiger partial charge in [-0.1, -0.05) is 0 Å². The van der Waals surface area contributed by atoms with Gasteiger partial charge >= 0.3 is 5.97 Å². The van der Waals surface area contributed by atoms with E-state index in [1.807, 2.05) is 13.8 Å². The van der Waals surface area contributed by atoms with E-state index in [4.69, 9.17) is 18.9 Å². The second-order valence-corrected chi connectivity index (χ2v) is 6.37. The molecule has 1 heterocycles. The van der Waals surface area contributed by atoms with Gasteiger partial charge in [-0.3, -0.25) is 4.79 Å². The fourth-order valence-electron chi connectivity index (χ4n) is 2.47. The van der Waals surface area contributed by atoms with E-state index in [1.54, 1.807) is 11.0 Å². The number of ether oxygens (including phenoxy) is 4. The number of benzene rings is 1. The lowest BCUT2D eigenvalue weighted by molar-refractivity contribution is -0.141. The number of methoxy groups -OCH3 is 1. The van der Waals surface area contributed by atoms with Crippen LogP contribution in [-0.4, -0.2) is 62.9 Å². The molecule has 1 atom stereocenters. The van der Waals surface area contributed by atoms with Crippen LogP contribution in [0.2, 0.25) is 0 Å². The van der Waals surface area contributed by atoms with Crippen molar-refractivity contribution in [3.63, 3.8) is 0 Å². The minimum absolute atomic E-state index is 0.0141. The fraction of sp³-hybridized carbons (Fsp3) is 0.529. The smallest absolute Gasteiger partial charge is 0.338 e. The first-order chi connectivity index (χ1) is 12.0. The summed E-state index contributed by atoms with van der Waals surface area (Å²) in [6.07, 6.45) is -0.0141. The highest BCUT2D eigenvalue weighted by Crippen LogP contribution is 2.36. The molecule has 8 heteroatoms. The van der Waals surface area contributed by atoms with Gasteiger partial charge < -0.3 is 23.8 Å². The van der Waals surface area contributed by atoms with Crippen molar-refractivity contribution >= 4 is 27.8 Å². The zero-order valence-electron chi connectivity index (χ0n) is 14.5. The molecule has 25 heavy (non-hydrogen) atoms. The Morgan fingerprint density at radius 2 is 2.16 bits per heavy atom. The summed E-state index contributed by atoms with van der Waals surface area (Å²) in [7, 11) is 1.49. The molecule has 1 fully saturated rings. The Labute approximate surface area is 155 Å². The minimum atomic E-state index is -0.600. The van der Waals surface area contributed by atoms with Gasteiger partial charge in [-0.05, 0) is 41.9 Å². The van der Waals surface area contributed by atoms with Crippen molar-refractivity contribution in [2.75, 3.05) is 40.0 Å². The van der Waals surface area contributed by atoms with Gasteiger partial charge in [0.05, 0.1) is 36.5 Å². The van der Waals surface area contributed by atoms with E-state index in [0.717, 1.165) is 0 Å². The average molecular weight is 416 g/mol. The molecular formula is C17H22BrNO6. The fourth-order valence-corrected chi connectivity index (χ4v) is 3.03. The number of amides is 1. The molecule has 0 aromatic heterocycles. The Morgan fingerprint density at radius 1 is 1.40 bits per heavy atom. The molecule has 1 aliphatic heterocycles. The summed E-state index contributed by atoms with van der Waals surface area (Å²) >= 11 is 3.36. The van der Waals surface area contributed by atoms with E-state index in [1.165, 1.54) is 13.2 Å². The predicted octanol–water partition coefficient (Wildman–Crippen LogP) is 2.26. The van der Waals surface area contributed by atoms with Crippen molar-refractivity contribution in [1.82, 2.24) is 4.90 Å². The van der Waals surface area contributed by atoms with Crippen molar-refractivity contribution in [3.8, 4) is 11.5 Å². The van der Waals surface area contributed by atoms with Crippen molar-refractivity contribution in [2.45, 2.75) is 20.0 Å². The van der Waals surface area contributed by atoms with Crippen LogP contribution in [0.5, 0.6) is 11.5 Å². The highest BCUT2D eigenvalue weighted by Gasteiger charge is 2.23. The molecule has 7 nitrogen and oxygen atoms in total. The number of morpholine rings is 1. The van der Waals surface area contributed by atoms with Crippen molar-refractivity contribution in [1.29, 1.82) is 0 Å². The molecule has 0 bridgehead atoms. The van der Waals surface area contributed by atoms with E-state index in [2.05, 4.69) is 15.9 Å².